The molecule has 2 N–H and O–H groups in total. The van der Waals surface area contributed by atoms with E-state index in [0.717, 1.165) is 23.6 Å². The van der Waals surface area contributed by atoms with Gasteiger partial charge in [0.25, 0.3) is 0 Å². The standard InChI is InChI=1S/C16H19N3O3/c20-15-8-7-14(18-19-15)12-3-5-13(6-4-12)17-16(21)22-10-9-11-1-2-11/h3-6,11H,1-2,7-10H2,(H,17,21)(H,19,20). The summed E-state index contributed by atoms with van der Waals surface area (Å²) in [6.45, 7) is 0.477. The second-order valence-electron chi connectivity index (χ2n) is 5.66. The average Bonchev–Trinajstić information content (AvgIpc) is 3.33. The Morgan fingerprint density at radius 2 is 2.05 bits per heavy atom. The SMILES string of the molecule is O=C1CCC(c2ccc(NC(=O)OCCC3CC3)cc2)=NN1. The molecular weight excluding hydrogens is 282 g/mol. The van der Waals surface area contributed by atoms with Crippen LogP contribution in [0.1, 0.15) is 37.7 Å². The molecule has 0 aromatic heterocycles. The van der Waals surface area contributed by atoms with Crippen LogP contribution in [0.15, 0.2) is 29.4 Å². The summed E-state index contributed by atoms with van der Waals surface area (Å²) in [6.07, 6.45) is 4.13. The summed E-state index contributed by atoms with van der Waals surface area (Å²) < 4.78 is 5.13. The number of nitrogens with zero attached hydrogens (tertiary/aromatic N) is 1. The molecule has 3 rings (SSSR count). The minimum atomic E-state index is -0.421. The number of nitrogens with one attached hydrogen (secondary N) is 2. The molecule has 0 unspecified atom stereocenters. The van der Waals surface area contributed by atoms with Gasteiger partial charge in [0.15, 0.2) is 0 Å². The monoisotopic (exact) mass is 301 g/mol. The molecule has 6 nitrogen and oxygen atoms in total. The molecule has 1 heterocycles. The zero-order valence-corrected chi connectivity index (χ0v) is 12.3. The van der Waals surface area contributed by atoms with Crippen molar-refractivity contribution in [2.24, 2.45) is 11.0 Å². The number of ether oxygens (including phenoxy) is 1. The van der Waals surface area contributed by atoms with Crippen LogP contribution in [0.4, 0.5) is 10.5 Å². The molecule has 1 aliphatic carbocycles. The van der Waals surface area contributed by atoms with E-state index >= 15 is 0 Å². The van der Waals surface area contributed by atoms with Crippen molar-refractivity contribution in [2.75, 3.05) is 11.9 Å². The zero-order valence-electron chi connectivity index (χ0n) is 12.3. The number of hydrogen-bond donors (Lipinski definition) is 2. The highest BCUT2D eigenvalue weighted by atomic mass is 16.5. The van der Waals surface area contributed by atoms with Gasteiger partial charge in [0.2, 0.25) is 5.91 Å². The fourth-order valence-electron chi connectivity index (χ4n) is 2.31. The first kappa shape index (κ1) is 14.6. The number of carbonyl (C=O) groups excluding carboxylic acids is 2. The van der Waals surface area contributed by atoms with Crippen molar-refractivity contribution >= 4 is 23.4 Å². The van der Waals surface area contributed by atoms with Gasteiger partial charge in [-0.2, -0.15) is 5.10 Å². The van der Waals surface area contributed by atoms with Gasteiger partial charge in [0.1, 0.15) is 0 Å². The van der Waals surface area contributed by atoms with Crippen molar-refractivity contribution in [2.45, 2.75) is 32.1 Å². The lowest BCUT2D eigenvalue weighted by molar-refractivity contribution is -0.121. The normalized spacial score (nSPS) is 17.5. The minimum Gasteiger partial charge on any atom is -0.449 e. The van der Waals surface area contributed by atoms with Gasteiger partial charge in [-0.05, 0) is 30.0 Å². The Hall–Kier alpha value is -2.37. The van der Waals surface area contributed by atoms with Gasteiger partial charge in [0.05, 0.1) is 12.3 Å². The fourth-order valence-corrected chi connectivity index (χ4v) is 2.31. The number of rotatable bonds is 5. The Morgan fingerprint density at radius 3 is 2.68 bits per heavy atom. The first-order valence-corrected chi connectivity index (χ1v) is 7.60. The van der Waals surface area contributed by atoms with Crippen LogP contribution in [-0.4, -0.2) is 24.3 Å². The molecule has 116 valence electrons. The van der Waals surface area contributed by atoms with E-state index in [-0.39, 0.29) is 5.91 Å². The van der Waals surface area contributed by atoms with Crippen molar-refractivity contribution in [3.05, 3.63) is 29.8 Å². The molecular formula is C16H19N3O3. The second kappa shape index (κ2) is 6.60. The van der Waals surface area contributed by atoms with E-state index in [1.165, 1.54) is 12.8 Å². The van der Waals surface area contributed by atoms with Crippen LogP contribution in [0.5, 0.6) is 0 Å². The topological polar surface area (TPSA) is 79.8 Å². The zero-order chi connectivity index (χ0) is 15.4. The summed E-state index contributed by atoms with van der Waals surface area (Å²) >= 11 is 0. The Bertz CT molecular complexity index is 591. The van der Waals surface area contributed by atoms with Crippen LogP contribution in [0.25, 0.3) is 0 Å². The maximum atomic E-state index is 11.6. The third-order valence-corrected chi connectivity index (χ3v) is 3.83. The quantitative estimate of drug-likeness (QED) is 0.877. The average molecular weight is 301 g/mol. The van der Waals surface area contributed by atoms with E-state index in [2.05, 4.69) is 15.8 Å². The highest BCUT2D eigenvalue weighted by molar-refractivity contribution is 6.04. The summed E-state index contributed by atoms with van der Waals surface area (Å²) in [4.78, 5) is 22.7. The highest BCUT2D eigenvalue weighted by Gasteiger charge is 2.21. The van der Waals surface area contributed by atoms with Crippen LogP contribution >= 0.6 is 0 Å². The molecule has 0 spiro atoms. The molecule has 0 radical (unpaired) electrons. The lowest BCUT2D eigenvalue weighted by Crippen LogP contribution is -2.25. The lowest BCUT2D eigenvalue weighted by atomic mass is 10.0. The molecule has 2 amide bonds. The predicted molar refractivity (Wildman–Crippen MR) is 82.7 cm³/mol. The van der Waals surface area contributed by atoms with Crippen molar-refractivity contribution < 1.29 is 14.3 Å². The molecule has 1 aromatic rings. The molecule has 1 saturated carbocycles. The minimum absolute atomic E-state index is 0.0593. The van der Waals surface area contributed by atoms with E-state index in [0.29, 0.717) is 25.1 Å². The van der Waals surface area contributed by atoms with E-state index in [4.69, 9.17) is 4.74 Å². The summed E-state index contributed by atoms with van der Waals surface area (Å²) in [5.74, 6) is 0.694. The largest absolute Gasteiger partial charge is 0.449 e. The number of amides is 2. The molecule has 22 heavy (non-hydrogen) atoms. The van der Waals surface area contributed by atoms with Crippen molar-refractivity contribution in [1.29, 1.82) is 0 Å². The number of hydrogen-bond acceptors (Lipinski definition) is 4. The Labute approximate surface area is 128 Å². The van der Waals surface area contributed by atoms with Crippen molar-refractivity contribution in [1.82, 2.24) is 5.43 Å². The number of carbonyl (C=O) groups is 2. The molecule has 2 aliphatic rings. The van der Waals surface area contributed by atoms with Gasteiger partial charge in [-0.25, -0.2) is 10.2 Å². The molecule has 6 heteroatoms. The first-order chi connectivity index (χ1) is 10.7. The van der Waals surface area contributed by atoms with Gasteiger partial charge in [0, 0.05) is 18.5 Å². The van der Waals surface area contributed by atoms with Crippen molar-refractivity contribution in [3.63, 3.8) is 0 Å². The fraction of sp³-hybridized carbons (Fsp3) is 0.438. The maximum absolute atomic E-state index is 11.6. The van der Waals surface area contributed by atoms with Crippen molar-refractivity contribution in [3.8, 4) is 0 Å². The molecule has 1 aromatic carbocycles. The second-order valence-corrected chi connectivity index (χ2v) is 5.66. The van der Waals surface area contributed by atoms with Gasteiger partial charge in [-0.3, -0.25) is 10.1 Å². The van der Waals surface area contributed by atoms with Gasteiger partial charge < -0.3 is 4.74 Å². The van der Waals surface area contributed by atoms with Gasteiger partial charge in [-0.15, -0.1) is 0 Å². The summed E-state index contributed by atoms with van der Waals surface area (Å²) in [6, 6.07) is 7.35. The number of hydrazone groups is 1. The summed E-state index contributed by atoms with van der Waals surface area (Å²) in [5, 5.41) is 6.74. The molecule has 0 bridgehead atoms. The molecule has 0 atom stereocenters. The Balaban J connectivity index is 1.50. The third kappa shape index (κ3) is 4.07. The number of anilines is 1. The molecule has 1 aliphatic heterocycles. The lowest BCUT2D eigenvalue weighted by Gasteiger charge is -2.12. The Kier molecular flexibility index (Phi) is 4.37. The Morgan fingerprint density at radius 1 is 1.27 bits per heavy atom. The smallest absolute Gasteiger partial charge is 0.411 e. The molecule has 1 fully saturated rings. The predicted octanol–water partition coefficient (Wildman–Crippen LogP) is 2.65. The third-order valence-electron chi connectivity index (χ3n) is 3.83. The molecule has 0 saturated heterocycles. The van der Waals surface area contributed by atoms with Gasteiger partial charge in [-0.1, -0.05) is 25.0 Å². The summed E-state index contributed by atoms with van der Waals surface area (Å²) in [5.41, 5.74) is 4.94. The van der Waals surface area contributed by atoms with Crippen LogP contribution in [0, 0.1) is 5.92 Å². The van der Waals surface area contributed by atoms with Crippen LogP contribution in [-0.2, 0) is 9.53 Å². The highest BCUT2D eigenvalue weighted by Crippen LogP contribution is 2.32. The first-order valence-electron chi connectivity index (χ1n) is 7.60. The van der Waals surface area contributed by atoms with E-state index < -0.39 is 6.09 Å². The van der Waals surface area contributed by atoms with E-state index in [1.807, 2.05) is 12.1 Å². The maximum Gasteiger partial charge on any atom is 0.411 e. The van der Waals surface area contributed by atoms with E-state index in [9.17, 15) is 9.59 Å². The van der Waals surface area contributed by atoms with Gasteiger partial charge >= 0.3 is 6.09 Å². The number of benzene rings is 1. The summed E-state index contributed by atoms with van der Waals surface area (Å²) in [7, 11) is 0. The van der Waals surface area contributed by atoms with E-state index in [1.54, 1.807) is 12.1 Å². The van der Waals surface area contributed by atoms with Crippen LogP contribution < -0.4 is 10.7 Å². The van der Waals surface area contributed by atoms with Crippen LogP contribution in [0.3, 0.4) is 0 Å². The van der Waals surface area contributed by atoms with Crippen LogP contribution in [0.2, 0.25) is 0 Å².